The van der Waals surface area contributed by atoms with Crippen LogP contribution in [0.1, 0.15) is 23.2 Å². The molecule has 1 saturated heterocycles. The molecule has 0 unspecified atom stereocenters. The fraction of sp³-hybridized carbons (Fsp3) is 0.250. The molecule has 3 aromatic rings. The van der Waals surface area contributed by atoms with Crippen molar-refractivity contribution in [3.63, 3.8) is 0 Å². The zero-order valence-corrected chi connectivity index (χ0v) is 14.4. The summed E-state index contributed by atoms with van der Waals surface area (Å²) in [5.41, 5.74) is 0.645. The second kappa shape index (κ2) is 7.39. The first kappa shape index (κ1) is 16.3. The molecule has 6 nitrogen and oxygen atoms in total. The van der Waals surface area contributed by atoms with Crippen molar-refractivity contribution in [2.45, 2.75) is 18.9 Å². The third-order valence-corrected chi connectivity index (χ3v) is 4.54. The van der Waals surface area contributed by atoms with E-state index in [0.717, 1.165) is 18.6 Å². The van der Waals surface area contributed by atoms with Gasteiger partial charge in [-0.15, -0.1) is 0 Å². The van der Waals surface area contributed by atoms with Gasteiger partial charge in [-0.25, -0.2) is 9.97 Å². The van der Waals surface area contributed by atoms with Crippen LogP contribution in [-0.4, -0.2) is 44.5 Å². The fourth-order valence-electron chi connectivity index (χ4n) is 3.14. The summed E-state index contributed by atoms with van der Waals surface area (Å²) in [5, 5.41) is 0. The number of rotatable bonds is 4. The van der Waals surface area contributed by atoms with Crippen molar-refractivity contribution in [2.75, 3.05) is 13.1 Å². The SMILES string of the molecule is O=C(c1ccnc(-n2ccnc2)c1)N1CCC(Oc2ccccc2)CC1. The number of hydrogen-bond acceptors (Lipinski definition) is 4. The van der Waals surface area contributed by atoms with Gasteiger partial charge in [0.1, 0.15) is 24.0 Å². The molecule has 0 bridgehead atoms. The molecule has 2 aromatic heterocycles. The molecule has 0 saturated carbocycles. The number of likely N-dealkylation sites (tertiary alicyclic amines) is 1. The first-order valence-electron chi connectivity index (χ1n) is 8.75. The van der Waals surface area contributed by atoms with Gasteiger partial charge in [0.2, 0.25) is 0 Å². The van der Waals surface area contributed by atoms with E-state index in [1.165, 1.54) is 0 Å². The van der Waals surface area contributed by atoms with Gasteiger partial charge in [-0.3, -0.25) is 9.36 Å². The van der Waals surface area contributed by atoms with Crippen molar-refractivity contribution < 1.29 is 9.53 Å². The van der Waals surface area contributed by atoms with Crippen LogP contribution in [0.3, 0.4) is 0 Å². The van der Waals surface area contributed by atoms with E-state index in [2.05, 4.69) is 9.97 Å². The van der Waals surface area contributed by atoms with Crippen molar-refractivity contribution in [3.8, 4) is 11.6 Å². The maximum Gasteiger partial charge on any atom is 0.254 e. The highest BCUT2D eigenvalue weighted by Crippen LogP contribution is 2.20. The molecule has 1 amide bonds. The Morgan fingerprint density at radius 1 is 1.08 bits per heavy atom. The Labute approximate surface area is 152 Å². The normalized spacial score (nSPS) is 15.0. The minimum atomic E-state index is 0.0342. The molecule has 0 spiro atoms. The number of benzene rings is 1. The van der Waals surface area contributed by atoms with Crippen molar-refractivity contribution in [1.29, 1.82) is 0 Å². The summed E-state index contributed by atoms with van der Waals surface area (Å²) in [4.78, 5) is 23.0. The van der Waals surface area contributed by atoms with Crippen LogP contribution >= 0.6 is 0 Å². The molecule has 0 atom stereocenters. The zero-order valence-electron chi connectivity index (χ0n) is 14.4. The Morgan fingerprint density at radius 3 is 2.62 bits per heavy atom. The lowest BCUT2D eigenvalue weighted by Crippen LogP contribution is -2.41. The van der Waals surface area contributed by atoms with E-state index in [4.69, 9.17) is 4.74 Å². The van der Waals surface area contributed by atoms with E-state index in [1.807, 2.05) is 41.4 Å². The molecule has 4 rings (SSSR count). The Bertz CT molecular complexity index is 857. The number of para-hydroxylation sites is 1. The highest BCUT2D eigenvalue weighted by Gasteiger charge is 2.25. The van der Waals surface area contributed by atoms with E-state index in [9.17, 15) is 4.79 Å². The zero-order chi connectivity index (χ0) is 17.8. The second-order valence-electron chi connectivity index (χ2n) is 6.30. The fourth-order valence-corrected chi connectivity index (χ4v) is 3.14. The summed E-state index contributed by atoms with van der Waals surface area (Å²) in [6.45, 7) is 1.39. The molecular weight excluding hydrogens is 328 g/mol. The largest absolute Gasteiger partial charge is 0.490 e. The summed E-state index contributed by atoms with van der Waals surface area (Å²) in [6.07, 6.45) is 8.65. The highest BCUT2D eigenvalue weighted by molar-refractivity contribution is 5.94. The number of piperidine rings is 1. The molecule has 0 aliphatic carbocycles. The number of amides is 1. The topological polar surface area (TPSA) is 60.2 Å². The molecule has 3 heterocycles. The number of aromatic nitrogens is 3. The van der Waals surface area contributed by atoms with Gasteiger partial charge in [0, 0.05) is 50.1 Å². The predicted octanol–water partition coefficient (Wildman–Crippen LogP) is 2.95. The average Bonchev–Trinajstić information content (AvgIpc) is 3.24. The van der Waals surface area contributed by atoms with Gasteiger partial charge in [-0.1, -0.05) is 18.2 Å². The number of nitrogens with zero attached hydrogens (tertiary/aromatic N) is 4. The van der Waals surface area contributed by atoms with E-state index in [-0.39, 0.29) is 12.0 Å². The van der Waals surface area contributed by atoms with Crippen molar-refractivity contribution in [3.05, 3.63) is 72.9 Å². The molecule has 1 aliphatic heterocycles. The quantitative estimate of drug-likeness (QED) is 0.727. The van der Waals surface area contributed by atoms with Gasteiger partial charge < -0.3 is 9.64 Å². The highest BCUT2D eigenvalue weighted by atomic mass is 16.5. The number of imidazole rings is 1. The van der Waals surface area contributed by atoms with Crippen LogP contribution in [0, 0.1) is 0 Å². The van der Waals surface area contributed by atoms with Crippen molar-refractivity contribution in [1.82, 2.24) is 19.4 Å². The van der Waals surface area contributed by atoms with Crippen LogP contribution in [0.15, 0.2) is 67.4 Å². The van der Waals surface area contributed by atoms with Crippen LogP contribution in [0.2, 0.25) is 0 Å². The first-order valence-corrected chi connectivity index (χ1v) is 8.75. The number of ether oxygens (including phenoxy) is 1. The Balaban J connectivity index is 1.39. The summed E-state index contributed by atoms with van der Waals surface area (Å²) >= 11 is 0. The number of carbonyl (C=O) groups is 1. The average molecular weight is 348 g/mol. The maximum atomic E-state index is 12.8. The lowest BCUT2D eigenvalue weighted by molar-refractivity contribution is 0.0595. The molecule has 6 heteroatoms. The molecule has 0 N–H and O–H groups in total. The Hall–Kier alpha value is -3.15. The summed E-state index contributed by atoms with van der Waals surface area (Å²) in [6, 6.07) is 13.4. The molecule has 132 valence electrons. The smallest absolute Gasteiger partial charge is 0.254 e. The summed E-state index contributed by atoms with van der Waals surface area (Å²) in [5.74, 6) is 1.61. The van der Waals surface area contributed by atoms with Crippen molar-refractivity contribution in [2.24, 2.45) is 0 Å². The predicted molar refractivity (Wildman–Crippen MR) is 97.4 cm³/mol. The Morgan fingerprint density at radius 2 is 1.88 bits per heavy atom. The van der Waals surface area contributed by atoms with Crippen LogP contribution < -0.4 is 4.74 Å². The molecular formula is C20H20N4O2. The Kier molecular flexibility index (Phi) is 4.64. The number of pyridine rings is 1. The third kappa shape index (κ3) is 3.59. The van der Waals surface area contributed by atoms with Gasteiger partial charge in [-0.2, -0.15) is 0 Å². The monoisotopic (exact) mass is 348 g/mol. The van der Waals surface area contributed by atoms with Gasteiger partial charge in [0.15, 0.2) is 0 Å². The number of hydrogen-bond donors (Lipinski definition) is 0. The van der Waals surface area contributed by atoms with E-state index in [0.29, 0.717) is 24.5 Å². The summed E-state index contributed by atoms with van der Waals surface area (Å²) < 4.78 is 7.79. The van der Waals surface area contributed by atoms with Crippen LogP contribution in [0.25, 0.3) is 5.82 Å². The van der Waals surface area contributed by atoms with Gasteiger partial charge in [-0.05, 0) is 24.3 Å². The van der Waals surface area contributed by atoms with Gasteiger partial charge >= 0.3 is 0 Å². The van der Waals surface area contributed by atoms with Crippen molar-refractivity contribution >= 4 is 5.91 Å². The first-order chi connectivity index (χ1) is 12.8. The van der Waals surface area contributed by atoms with Gasteiger partial charge in [0.25, 0.3) is 5.91 Å². The van der Waals surface area contributed by atoms with Gasteiger partial charge in [0.05, 0.1) is 0 Å². The molecule has 1 aromatic carbocycles. The minimum absolute atomic E-state index is 0.0342. The summed E-state index contributed by atoms with van der Waals surface area (Å²) in [7, 11) is 0. The standard InChI is InChI=1S/C20H20N4O2/c25-20(16-6-9-22-19(14-16)24-13-10-21-15-24)23-11-7-18(8-12-23)26-17-4-2-1-3-5-17/h1-6,9-10,13-15,18H,7-8,11-12H2. The lowest BCUT2D eigenvalue weighted by atomic mass is 10.1. The second-order valence-corrected chi connectivity index (χ2v) is 6.30. The number of carbonyl (C=O) groups excluding carboxylic acids is 1. The van der Waals surface area contributed by atoms with E-state index < -0.39 is 0 Å². The minimum Gasteiger partial charge on any atom is -0.490 e. The molecule has 26 heavy (non-hydrogen) atoms. The third-order valence-electron chi connectivity index (χ3n) is 4.54. The maximum absolute atomic E-state index is 12.8. The lowest BCUT2D eigenvalue weighted by Gasteiger charge is -2.32. The van der Waals surface area contributed by atoms with E-state index in [1.54, 1.807) is 35.4 Å². The molecule has 0 radical (unpaired) electrons. The van der Waals surface area contributed by atoms with Crippen LogP contribution in [0.5, 0.6) is 5.75 Å². The van der Waals surface area contributed by atoms with Crippen LogP contribution in [-0.2, 0) is 0 Å². The van der Waals surface area contributed by atoms with Crippen LogP contribution in [0.4, 0.5) is 0 Å². The van der Waals surface area contributed by atoms with E-state index >= 15 is 0 Å². The molecule has 1 aliphatic rings. The molecule has 1 fully saturated rings.